The van der Waals surface area contributed by atoms with E-state index in [9.17, 15) is 4.79 Å². The highest BCUT2D eigenvalue weighted by atomic mass is 16.2. The molecule has 4 heteroatoms. The molecule has 1 saturated heterocycles. The van der Waals surface area contributed by atoms with Crippen molar-refractivity contribution >= 4 is 5.91 Å². The first-order valence-corrected chi connectivity index (χ1v) is 8.61. The number of carbonyl (C=O) groups is 1. The van der Waals surface area contributed by atoms with Gasteiger partial charge in [0, 0.05) is 30.7 Å². The topological polar surface area (TPSA) is 35.6 Å². The lowest BCUT2D eigenvalue weighted by atomic mass is 10.0. The molecule has 0 aromatic rings. The zero-order valence-electron chi connectivity index (χ0n) is 14.9. The van der Waals surface area contributed by atoms with Crippen LogP contribution in [0.5, 0.6) is 0 Å². The summed E-state index contributed by atoms with van der Waals surface area (Å²) in [7, 11) is 0. The summed E-state index contributed by atoms with van der Waals surface area (Å²) in [5.74, 6) is 0.254. The standard InChI is InChI=1S/C17H35N3O/c1-13(2)19(11-16-9-7-8-10-18-16)12-17(21)20(14(3)4)15(5)6/h13-16,18H,7-12H2,1-6H3. The molecular weight excluding hydrogens is 262 g/mol. The van der Waals surface area contributed by atoms with Crippen LogP contribution in [0, 0.1) is 0 Å². The third-order valence-corrected chi connectivity index (χ3v) is 4.34. The SMILES string of the molecule is CC(C)N(CC(=O)N(C(C)C)C(C)C)CC1CCCCN1. The van der Waals surface area contributed by atoms with Gasteiger partial charge in [-0.15, -0.1) is 0 Å². The van der Waals surface area contributed by atoms with E-state index in [1.807, 2.05) is 4.90 Å². The second-order valence-corrected chi connectivity index (χ2v) is 7.16. The molecule has 1 heterocycles. The van der Waals surface area contributed by atoms with Crippen LogP contribution in [0.15, 0.2) is 0 Å². The van der Waals surface area contributed by atoms with Gasteiger partial charge in [-0.3, -0.25) is 9.69 Å². The minimum absolute atomic E-state index is 0.254. The number of rotatable bonds is 7. The summed E-state index contributed by atoms with van der Waals surface area (Å²) in [6.45, 7) is 15.4. The van der Waals surface area contributed by atoms with Gasteiger partial charge in [0.1, 0.15) is 0 Å². The first kappa shape index (κ1) is 18.4. The molecule has 1 fully saturated rings. The number of nitrogens with zero attached hydrogens (tertiary/aromatic N) is 2. The van der Waals surface area contributed by atoms with Crippen molar-refractivity contribution in [2.75, 3.05) is 19.6 Å². The van der Waals surface area contributed by atoms with E-state index in [1.54, 1.807) is 0 Å². The summed E-state index contributed by atoms with van der Waals surface area (Å²) in [6.07, 6.45) is 3.82. The molecule has 0 spiro atoms. The fourth-order valence-corrected chi connectivity index (χ4v) is 3.25. The van der Waals surface area contributed by atoms with Crippen LogP contribution in [0.2, 0.25) is 0 Å². The minimum atomic E-state index is 0.254. The van der Waals surface area contributed by atoms with Crippen molar-refractivity contribution in [3.05, 3.63) is 0 Å². The Kier molecular flexibility index (Phi) is 7.67. The van der Waals surface area contributed by atoms with Gasteiger partial charge in [0.2, 0.25) is 5.91 Å². The summed E-state index contributed by atoms with van der Waals surface area (Å²) in [5.41, 5.74) is 0. The fourth-order valence-electron chi connectivity index (χ4n) is 3.25. The highest BCUT2D eigenvalue weighted by Crippen LogP contribution is 2.12. The second-order valence-electron chi connectivity index (χ2n) is 7.16. The van der Waals surface area contributed by atoms with Crippen LogP contribution in [0.1, 0.15) is 60.8 Å². The molecular formula is C17H35N3O. The Balaban J connectivity index is 2.61. The Morgan fingerprint density at radius 2 is 1.67 bits per heavy atom. The quantitative estimate of drug-likeness (QED) is 0.784. The maximum atomic E-state index is 12.6. The van der Waals surface area contributed by atoms with Crippen molar-refractivity contribution < 1.29 is 4.79 Å². The van der Waals surface area contributed by atoms with Gasteiger partial charge < -0.3 is 10.2 Å². The Labute approximate surface area is 131 Å². The molecule has 0 radical (unpaired) electrons. The zero-order chi connectivity index (χ0) is 16.0. The smallest absolute Gasteiger partial charge is 0.237 e. The largest absolute Gasteiger partial charge is 0.337 e. The molecule has 1 aliphatic heterocycles. The van der Waals surface area contributed by atoms with Gasteiger partial charge in [0.05, 0.1) is 6.54 Å². The van der Waals surface area contributed by atoms with Crippen molar-refractivity contribution in [2.24, 2.45) is 0 Å². The number of hydrogen-bond acceptors (Lipinski definition) is 3. The van der Waals surface area contributed by atoms with E-state index in [4.69, 9.17) is 0 Å². The third kappa shape index (κ3) is 5.95. The average Bonchev–Trinajstić information content (AvgIpc) is 2.38. The molecule has 1 amide bonds. The van der Waals surface area contributed by atoms with Crippen molar-refractivity contribution in [2.45, 2.75) is 85.0 Å². The van der Waals surface area contributed by atoms with Crippen LogP contribution in [-0.2, 0) is 4.79 Å². The van der Waals surface area contributed by atoms with E-state index in [1.165, 1.54) is 19.3 Å². The van der Waals surface area contributed by atoms with E-state index in [0.29, 0.717) is 18.6 Å². The lowest BCUT2D eigenvalue weighted by Crippen LogP contribution is -2.52. The Morgan fingerprint density at radius 1 is 1.05 bits per heavy atom. The Hall–Kier alpha value is -0.610. The molecule has 0 aromatic heterocycles. The first-order chi connectivity index (χ1) is 9.82. The van der Waals surface area contributed by atoms with E-state index in [-0.39, 0.29) is 18.0 Å². The predicted octanol–water partition coefficient (Wildman–Crippen LogP) is 2.48. The summed E-state index contributed by atoms with van der Waals surface area (Å²) < 4.78 is 0. The van der Waals surface area contributed by atoms with Crippen LogP contribution in [0.25, 0.3) is 0 Å². The van der Waals surface area contributed by atoms with Gasteiger partial charge in [-0.1, -0.05) is 6.42 Å². The number of carbonyl (C=O) groups excluding carboxylic acids is 1. The van der Waals surface area contributed by atoms with Crippen LogP contribution in [-0.4, -0.2) is 59.5 Å². The van der Waals surface area contributed by atoms with Crippen molar-refractivity contribution in [1.82, 2.24) is 15.1 Å². The molecule has 1 atom stereocenters. The molecule has 0 saturated carbocycles. The Morgan fingerprint density at radius 3 is 2.10 bits per heavy atom. The molecule has 0 aromatic carbocycles. The highest BCUT2D eigenvalue weighted by Gasteiger charge is 2.25. The fraction of sp³-hybridized carbons (Fsp3) is 0.941. The van der Waals surface area contributed by atoms with Gasteiger partial charge in [0.25, 0.3) is 0 Å². The van der Waals surface area contributed by atoms with E-state index < -0.39 is 0 Å². The summed E-state index contributed by atoms with van der Waals surface area (Å²) in [4.78, 5) is 17.0. The van der Waals surface area contributed by atoms with Crippen molar-refractivity contribution in [3.63, 3.8) is 0 Å². The maximum absolute atomic E-state index is 12.6. The first-order valence-electron chi connectivity index (χ1n) is 8.61. The molecule has 1 rings (SSSR count). The van der Waals surface area contributed by atoms with Crippen LogP contribution < -0.4 is 5.32 Å². The number of piperidine rings is 1. The van der Waals surface area contributed by atoms with Gasteiger partial charge in [0.15, 0.2) is 0 Å². The van der Waals surface area contributed by atoms with Crippen molar-refractivity contribution in [1.29, 1.82) is 0 Å². The monoisotopic (exact) mass is 297 g/mol. The van der Waals surface area contributed by atoms with Crippen LogP contribution >= 0.6 is 0 Å². The number of amides is 1. The molecule has 0 aliphatic carbocycles. The van der Waals surface area contributed by atoms with Crippen LogP contribution in [0.4, 0.5) is 0 Å². The average molecular weight is 297 g/mol. The van der Waals surface area contributed by atoms with E-state index >= 15 is 0 Å². The van der Waals surface area contributed by atoms with Crippen molar-refractivity contribution in [3.8, 4) is 0 Å². The molecule has 0 bridgehead atoms. The summed E-state index contributed by atoms with van der Waals surface area (Å²) >= 11 is 0. The van der Waals surface area contributed by atoms with Gasteiger partial charge >= 0.3 is 0 Å². The Bertz CT molecular complexity index is 301. The van der Waals surface area contributed by atoms with Crippen LogP contribution in [0.3, 0.4) is 0 Å². The van der Waals surface area contributed by atoms with E-state index in [0.717, 1.165) is 13.1 Å². The molecule has 124 valence electrons. The second kappa shape index (κ2) is 8.74. The minimum Gasteiger partial charge on any atom is -0.337 e. The predicted molar refractivity (Wildman–Crippen MR) is 89.5 cm³/mol. The summed E-state index contributed by atoms with van der Waals surface area (Å²) in [6, 6.07) is 1.47. The van der Waals surface area contributed by atoms with Gasteiger partial charge in [-0.05, 0) is 60.9 Å². The maximum Gasteiger partial charge on any atom is 0.237 e. The molecule has 4 nitrogen and oxygen atoms in total. The van der Waals surface area contributed by atoms with Gasteiger partial charge in [-0.2, -0.15) is 0 Å². The molecule has 1 N–H and O–H groups in total. The number of nitrogens with one attached hydrogen (secondary N) is 1. The highest BCUT2D eigenvalue weighted by molar-refractivity contribution is 5.78. The zero-order valence-corrected chi connectivity index (χ0v) is 14.9. The number of hydrogen-bond donors (Lipinski definition) is 1. The molecule has 21 heavy (non-hydrogen) atoms. The lowest BCUT2D eigenvalue weighted by molar-refractivity contribution is -0.136. The normalized spacial score (nSPS) is 19.8. The third-order valence-electron chi connectivity index (χ3n) is 4.34. The van der Waals surface area contributed by atoms with E-state index in [2.05, 4.69) is 51.8 Å². The lowest BCUT2D eigenvalue weighted by Gasteiger charge is -2.36. The van der Waals surface area contributed by atoms with Gasteiger partial charge in [-0.25, -0.2) is 0 Å². The molecule has 1 unspecified atom stereocenters. The molecule has 1 aliphatic rings. The summed E-state index contributed by atoms with van der Waals surface area (Å²) in [5, 5.41) is 3.59.